The van der Waals surface area contributed by atoms with Gasteiger partial charge in [-0.25, -0.2) is 8.42 Å². The molecule has 0 unspecified atom stereocenters. The zero-order valence-electron chi connectivity index (χ0n) is 15.5. The van der Waals surface area contributed by atoms with Crippen molar-refractivity contribution in [2.24, 2.45) is 7.05 Å². The van der Waals surface area contributed by atoms with E-state index < -0.39 is 9.84 Å². The number of sulfone groups is 1. The molecule has 0 radical (unpaired) electrons. The first-order valence-corrected chi connectivity index (χ1v) is 11.8. The second kappa shape index (κ2) is 8.43. The topological polar surface area (TPSA) is 85.2 Å². The Labute approximate surface area is 164 Å². The van der Waals surface area contributed by atoms with Crippen molar-refractivity contribution >= 4 is 27.5 Å². The fourth-order valence-electron chi connectivity index (χ4n) is 3.26. The lowest BCUT2D eigenvalue weighted by molar-refractivity contribution is -0.130. The minimum Gasteiger partial charge on any atom is -0.338 e. The van der Waals surface area contributed by atoms with E-state index in [-0.39, 0.29) is 29.2 Å². The highest BCUT2D eigenvalue weighted by Gasteiger charge is 2.34. The molecule has 0 bridgehead atoms. The van der Waals surface area contributed by atoms with Crippen molar-refractivity contribution in [1.82, 2.24) is 19.7 Å². The number of nitrogens with zero attached hydrogens (tertiary/aromatic N) is 4. The molecule has 7 nitrogen and oxygen atoms in total. The summed E-state index contributed by atoms with van der Waals surface area (Å²) >= 11 is 1.33. The normalized spacial score (nSPS) is 18.5. The first-order chi connectivity index (χ1) is 12.9. The summed E-state index contributed by atoms with van der Waals surface area (Å²) in [7, 11) is -1.14. The van der Waals surface area contributed by atoms with E-state index in [1.165, 1.54) is 11.8 Å². The molecule has 27 heavy (non-hydrogen) atoms. The SMILES string of the molecule is CCCN(C(=O)CSc1nnc(-c2ccccc2)n1C)[C@@H]1CCS(=O)(=O)C1. The smallest absolute Gasteiger partial charge is 0.233 e. The van der Waals surface area contributed by atoms with Crippen LogP contribution in [0.5, 0.6) is 0 Å². The van der Waals surface area contributed by atoms with Crippen molar-refractivity contribution in [3.8, 4) is 11.4 Å². The predicted octanol–water partition coefficient (Wildman–Crippen LogP) is 2.00. The monoisotopic (exact) mass is 408 g/mol. The van der Waals surface area contributed by atoms with Crippen LogP contribution >= 0.6 is 11.8 Å². The molecule has 1 aromatic carbocycles. The van der Waals surface area contributed by atoms with Gasteiger partial charge in [0.2, 0.25) is 5.91 Å². The molecule has 1 amide bonds. The number of hydrogen-bond donors (Lipinski definition) is 0. The van der Waals surface area contributed by atoms with Gasteiger partial charge in [0.1, 0.15) is 0 Å². The van der Waals surface area contributed by atoms with E-state index in [0.717, 1.165) is 17.8 Å². The highest BCUT2D eigenvalue weighted by Crippen LogP contribution is 2.24. The van der Waals surface area contributed by atoms with Gasteiger partial charge in [-0.3, -0.25) is 4.79 Å². The van der Waals surface area contributed by atoms with E-state index in [1.54, 1.807) is 4.90 Å². The molecule has 2 heterocycles. The number of aromatic nitrogens is 3. The van der Waals surface area contributed by atoms with E-state index in [2.05, 4.69) is 10.2 Å². The number of hydrogen-bond acceptors (Lipinski definition) is 6. The summed E-state index contributed by atoms with van der Waals surface area (Å²) in [5, 5.41) is 9.09. The maximum atomic E-state index is 12.7. The van der Waals surface area contributed by atoms with Crippen LogP contribution in [0.3, 0.4) is 0 Å². The van der Waals surface area contributed by atoms with Crippen LogP contribution < -0.4 is 0 Å². The Hall–Kier alpha value is -1.87. The van der Waals surface area contributed by atoms with E-state index in [0.29, 0.717) is 18.1 Å². The summed E-state index contributed by atoms with van der Waals surface area (Å²) in [5.41, 5.74) is 0.967. The fourth-order valence-corrected chi connectivity index (χ4v) is 5.79. The van der Waals surface area contributed by atoms with Crippen LogP contribution in [0, 0.1) is 0 Å². The van der Waals surface area contributed by atoms with Crippen molar-refractivity contribution in [2.45, 2.75) is 31.0 Å². The van der Waals surface area contributed by atoms with Gasteiger partial charge in [-0.2, -0.15) is 0 Å². The molecule has 0 N–H and O–H groups in total. The van der Waals surface area contributed by atoms with Crippen LogP contribution in [0.1, 0.15) is 19.8 Å². The minimum atomic E-state index is -3.02. The van der Waals surface area contributed by atoms with E-state index in [9.17, 15) is 13.2 Å². The summed E-state index contributed by atoms with van der Waals surface area (Å²) in [5.74, 6) is 1.16. The molecule has 1 aliphatic rings. The Bertz CT molecular complexity index is 897. The van der Waals surface area contributed by atoms with Gasteiger partial charge in [-0.05, 0) is 12.8 Å². The molecule has 1 aliphatic heterocycles. The maximum Gasteiger partial charge on any atom is 0.233 e. The number of carbonyl (C=O) groups excluding carboxylic acids is 1. The van der Waals surface area contributed by atoms with Gasteiger partial charge in [0.05, 0.1) is 17.3 Å². The van der Waals surface area contributed by atoms with Crippen LogP contribution in [-0.2, 0) is 21.7 Å². The number of thioether (sulfide) groups is 1. The number of benzene rings is 1. The Balaban J connectivity index is 1.67. The Morgan fingerprint density at radius 3 is 2.67 bits per heavy atom. The zero-order valence-corrected chi connectivity index (χ0v) is 17.2. The molecule has 1 aromatic heterocycles. The lowest BCUT2D eigenvalue weighted by Crippen LogP contribution is -2.42. The first-order valence-electron chi connectivity index (χ1n) is 8.99. The summed E-state index contributed by atoms with van der Waals surface area (Å²) < 4.78 is 25.4. The van der Waals surface area contributed by atoms with Crippen LogP contribution in [0.2, 0.25) is 0 Å². The summed E-state index contributed by atoms with van der Waals surface area (Å²) in [6.07, 6.45) is 1.33. The standard InChI is InChI=1S/C18H24N4O3S2/c1-3-10-22(15-9-11-27(24,25)13-15)16(23)12-26-18-20-19-17(21(18)2)14-7-5-4-6-8-14/h4-8,15H,3,9-13H2,1-2H3/t15-/m1/s1. The van der Waals surface area contributed by atoms with E-state index >= 15 is 0 Å². The molecule has 0 saturated carbocycles. The molecule has 9 heteroatoms. The van der Waals surface area contributed by atoms with Gasteiger partial charge in [-0.15, -0.1) is 10.2 Å². The molecule has 0 spiro atoms. The summed E-state index contributed by atoms with van der Waals surface area (Å²) in [6.45, 7) is 2.57. The van der Waals surface area contributed by atoms with Gasteiger partial charge < -0.3 is 9.47 Å². The van der Waals surface area contributed by atoms with E-state index in [4.69, 9.17) is 0 Å². The predicted molar refractivity (Wildman–Crippen MR) is 106 cm³/mol. The lowest BCUT2D eigenvalue weighted by atomic mass is 10.2. The molecule has 1 saturated heterocycles. The third-order valence-corrected chi connectivity index (χ3v) is 7.38. The molecular formula is C18H24N4O3S2. The van der Waals surface area contributed by atoms with Gasteiger partial charge in [0.15, 0.2) is 20.8 Å². The van der Waals surface area contributed by atoms with Gasteiger partial charge in [0, 0.05) is 25.2 Å². The number of rotatable bonds is 7. The number of amides is 1. The molecule has 1 fully saturated rings. The third-order valence-electron chi connectivity index (χ3n) is 4.63. The summed E-state index contributed by atoms with van der Waals surface area (Å²) in [6, 6.07) is 9.56. The van der Waals surface area contributed by atoms with Gasteiger partial charge >= 0.3 is 0 Å². The Morgan fingerprint density at radius 1 is 1.30 bits per heavy atom. The van der Waals surface area contributed by atoms with Crippen molar-refractivity contribution in [3.63, 3.8) is 0 Å². The van der Waals surface area contributed by atoms with Crippen LogP contribution in [0.25, 0.3) is 11.4 Å². The van der Waals surface area contributed by atoms with Crippen molar-refractivity contribution in [1.29, 1.82) is 0 Å². The van der Waals surface area contributed by atoms with Gasteiger partial charge in [-0.1, -0.05) is 49.0 Å². The fraction of sp³-hybridized carbons (Fsp3) is 0.500. The Morgan fingerprint density at radius 2 is 2.04 bits per heavy atom. The average molecular weight is 409 g/mol. The molecule has 146 valence electrons. The Kier molecular flexibility index (Phi) is 6.21. The molecule has 3 rings (SSSR count). The minimum absolute atomic E-state index is 0.0480. The molecule has 2 aromatic rings. The second-order valence-electron chi connectivity index (χ2n) is 6.66. The van der Waals surface area contributed by atoms with E-state index in [1.807, 2.05) is 48.9 Å². The van der Waals surface area contributed by atoms with Crippen molar-refractivity contribution in [2.75, 3.05) is 23.8 Å². The second-order valence-corrected chi connectivity index (χ2v) is 9.84. The maximum absolute atomic E-state index is 12.7. The highest BCUT2D eigenvalue weighted by atomic mass is 32.2. The number of carbonyl (C=O) groups is 1. The molecular weight excluding hydrogens is 384 g/mol. The first kappa shape index (κ1) is 19.9. The zero-order chi connectivity index (χ0) is 19.4. The van der Waals surface area contributed by atoms with Crippen LogP contribution in [0.15, 0.2) is 35.5 Å². The van der Waals surface area contributed by atoms with Crippen molar-refractivity contribution in [3.05, 3.63) is 30.3 Å². The highest BCUT2D eigenvalue weighted by molar-refractivity contribution is 7.99. The van der Waals surface area contributed by atoms with Crippen LogP contribution in [-0.4, -0.2) is 63.8 Å². The lowest BCUT2D eigenvalue weighted by Gasteiger charge is -2.27. The van der Waals surface area contributed by atoms with Crippen LogP contribution in [0.4, 0.5) is 0 Å². The third kappa shape index (κ3) is 4.70. The quantitative estimate of drug-likeness (QED) is 0.652. The summed E-state index contributed by atoms with van der Waals surface area (Å²) in [4.78, 5) is 14.5. The molecule has 1 atom stereocenters. The van der Waals surface area contributed by atoms with Gasteiger partial charge in [0.25, 0.3) is 0 Å². The largest absolute Gasteiger partial charge is 0.338 e. The average Bonchev–Trinajstić information content (AvgIpc) is 3.20. The molecule has 0 aliphatic carbocycles. The van der Waals surface area contributed by atoms with Crippen molar-refractivity contribution < 1.29 is 13.2 Å².